The average Bonchev–Trinajstić information content (AvgIpc) is 2.30. The monoisotopic (exact) mass is 214 g/mol. The first-order valence-corrected chi connectivity index (χ1v) is 5.19. The minimum Gasteiger partial charge on any atom is -0.363 e. The number of nitrogens with one attached hydrogen (secondary N) is 1. The van der Waals surface area contributed by atoms with Crippen molar-refractivity contribution in [2.45, 2.75) is 20.4 Å². The minimum atomic E-state index is 0.673. The third-order valence-corrected chi connectivity index (χ3v) is 2.42. The Kier molecular flexibility index (Phi) is 3.10. The second-order valence-electron chi connectivity index (χ2n) is 3.61. The third-order valence-electron chi connectivity index (χ3n) is 2.42. The molecule has 2 rings (SSSR count). The van der Waals surface area contributed by atoms with E-state index in [1.807, 2.05) is 26.0 Å². The highest BCUT2D eigenvalue weighted by atomic mass is 15.0. The molecule has 4 heteroatoms. The summed E-state index contributed by atoms with van der Waals surface area (Å²) < 4.78 is 0. The Morgan fingerprint density at radius 3 is 2.62 bits per heavy atom. The number of anilines is 1. The third kappa shape index (κ3) is 2.34. The van der Waals surface area contributed by atoms with E-state index in [0.717, 1.165) is 17.2 Å². The zero-order valence-corrected chi connectivity index (χ0v) is 9.44. The van der Waals surface area contributed by atoms with E-state index in [-0.39, 0.29) is 0 Å². The van der Waals surface area contributed by atoms with Gasteiger partial charge in [0.1, 0.15) is 5.82 Å². The van der Waals surface area contributed by atoms with Gasteiger partial charge in [0, 0.05) is 18.6 Å². The van der Waals surface area contributed by atoms with E-state index >= 15 is 0 Å². The number of aromatic nitrogens is 3. The van der Waals surface area contributed by atoms with Crippen LogP contribution in [0, 0.1) is 13.8 Å². The van der Waals surface area contributed by atoms with Crippen molar-refractivity contribution in [3.8, 4) is 0 Å². The molecule has 0 spiro atoms. The number of rotatable bonds is 3. The van der Waals surface area contributed by atoms with E-state index in [0.29, 0.717) is 6.54 Å². The second-order valence-corrected chi connectivity index (χ2v) is 3.61. The van der Waals surface area contributed by atoms with E-state index in [9.17, 15) is 0 Å². The van der Waals surface area contributed by atoms with Crippen molar-refractivity contribution in [1.82, 2.24) is 15.0 Å². The van der Waals surface area contributed by atoms with E-state index in [1.54, 1.807) is 18.6 Å². The van der Waals surface area contributed by atoms with Crippen molar-refractivity contribution in [1.29, 1.82) is 0 Å². The SMILES string of the molecule is Cc1cccnc1CNc1nccnc1C. The van der Waals surface area contributed by atoms with E-state index in [2.05, 4.69) is 20.3 Å². The van der Waals surface area contributed by atoms with Crippen molar-refractivity contribution in [2.24, 2.45) is 0 Å². The van der Waals surface area contributed by atoms with Crippen LogP contribution in [0.3, 0.4) is 0 Å². The molecule has 4 nitrogen and oxygen atoms in total. The van der Waals surface area contributed by atoms with E-state index in [1.165, 1.54) is 5.56 Å². The summed E-state index contributed by atoms with van der Waals surface area (Å²) in [6.45, 7) is 4.65. The van der Waals surface area contributed by atoms with Crippen LogP contribution >= 0.6 is 0 Å². The van der Waals surface area contributed by atoms with Crippen LogP contribution in [0.25, 0.3) is 0 Å². The summed E-state index contributed by atoms with van der Waals surface area (Å²) in [5, 5.41) is 3.23. The van der Waals surface area contributed by atoms with Gasteiger partial charge in [-0.25, -0.2) is 4.98 Å². The fraction of sp³-hybridized carbons (Fsp3) is 0.250. The Hall–Kier alpha value is -1.97. The smallest absolute Gasteiger partial charge is 0.147 e. The number of pyridine rings is 1. The van der Waals surface area contributed by atoms with Gasteiger partial charge in [-0.05, 0) is 25.5 Å². The van der Waals surface area contributed by atoms with Crippen LogP contribution < -0.4 is 5.32 Å². The van der Waals surface area contributed by atoms with Gasteiger partial charge in [-0.15, -0.1) is 0 Å². The summed E-state index contributed by atoms with van der Waals surface area (Å²) in [5.74, 6) is 0.813. The summed E-state index contributed by atoms with van der Waals surface area (Å²) in [6, 6.07) is 3.99. The fourth-order valence-corrected chi connectivity index (χ4v) is 1.45. The highest BCUT2D eigenvalue weighted by Crippen LogP contribution is 2.09. The van der Waals surface area contributed by atoms with Crippen LogP contribution in [0.1, 0.15) is 17.0 Å². The molecule has 0 aliphatic carbocycles. The molecule has 16 heavy (non-hydrogen) atoms. The Bertz CT molecular complexity index is 436. The molecule has 0 fully saturated rings. The first kappa shape index (κ1) is 10.5. The minimum absolute atomic E-state index is 0.673. The summed E-state index contributed by atoms with van der Waals surface area (Å²) in [4.78, 5) is 12.7. The zero-order chi connectivity index (χ0) is 11.4. The number of aryl methyl sites for hydroxylation is 2. The zero-order valence-electron chi connectivity index (χ0n) is 9.44. The first-order chi connectivity index (χ1) is 7.77. The number of nitrogens with zero attached hydrogens (tertiary/aromatic N) is 3. The molecule has 0 unspecified atom stereocenters. The normalized spacial score (nSPS) is 10.1. The van der Waals surface area contributed by atoms with Gasteiger partial charge in [0.05, 0.1) is 17.9 Å². The maximum absolute atomic E-state index is 4.31. The molecule has 0 aromatic carbocycles. The first-order valence-electron chi connectivity index (χ1n) is 5.19. The standard InChI is InChI=1S/C12H14N4/c1-9-4-3-5-14-11(9)8-16-12-10(2)13-6-7-15-12/h3-7H,8H2,1-2H3,(H,15,16). The summed E-state index contributed by atoms with van der Waals surface area (Å²) in [5.41, 5.74) is 3.11. The van der Waals surface area contributed by atoms with E-state index in [4.69, 9.17) is 0 Å². The Morgan fingerprint density at radius 2 is 1.88 bits per heavy atom. The molecule has 0 aliphatic heterocycles. The number of hydrogen-bond donors (Lipinski definition) is 1. The second kappa shape index (κ2) is 4.70. The molecule has 0 atom stereocenters. The lowest BCUT2D eigenvalue weighted by atomic mass is 10.2. The van der Waals surface area contributed by atoms with Crippen LogP contribution in [0.4, 0.5) is 5.82 Å². The molecule has 2 aromatic rings. The molecule has 0 saturated heterocycles. The largest absolute Gasteiger partial charge is 0.363 e. The van der Waals surface area contributed by atoms with Crippen molar-refractivity contribution >= 4 is 5.82 Å². The molecule has 0 amide bonds. The van der Waals surface area contributed by atoms with Crippen LogP contribution in [-0.2, 0) is 6.54 Å². The van der Waals surface area contributed by atoms with Gasteiger partial charge < -0.3 is 5.32 Å². The Balaban J connectivity index is 2.09. The van der Waals surface area contributed by atoms with Gasteiger partial charge in [-0.1, -0.05) is 6.07 Å². The molecule has 0 radical (unpaired) electrons. The summed E-state index contributed by atoms with van der Waals surface area (Å²) >= 11 is 0. The molecule has 0 aliphatic rings. The lowest BCUT2D eigenvalue weighted by Crippen LogP contribution is -2.06. The molecule has 0 saturated carbocycles. The van der Waals surface area contributed by atoms with Crippen molar-refractivity contribution < 1.29 is 0 Å². The van der Waals surface area contributed by atoms with Gasteiger partial charge in [-0.2, -0.15) is 0 Å². The van der Waals surface area contributed by atoms with Gasteiger partial charge >= 0.3 is 0 Å². The maximum Gasteiger partial charge on any atom is 0.147 e. The summed E-state index contributed by atoms with van der Waals surface area (Å²) in [6.07, 6.45) is 5.17. The quantitative estimate of drug-likeness (QED) is 0.850. The maximum atomic E-state index is 4.31. The topological polar surface area (TPSA) is 50.7 Å². The van der Waals surface area contributed by atoms with Crippen LogP contribution in [0.2, 0.25) is 0 Å². The average molecular weight is 214 g/mol. The molecule has 82 valence electrons. The molecule has 2 heterocycles. The van der Waals surface area contributed by atoms with Crippen molar-refractivity contribution in [3.63, 3.8) is 0 Å². The van der Waals surface area contributed by atoms with Crippen molar-refractivity contribution in [2.75, 3.05) is 5.32 Å². The molecular weight excluding hydrogens is 200 g/mol. The Labute approximate surface area is 94.8 Å². The lowest BCUT2D eigenvalue weighted by molar-refractivity contribution is 0.987. The van der Waals surface area contributed by atoms with Crippen molar-refractivity contribution in [3.05, 3.63) is 47.7 Å². The molecule has 1 N–H and O–H groups in total. The predicted molar refractivity (Wildman–Crippen MR) is 63.1 cm³/mol. The molecule has 2 aromatic heterocycles. The Morgan fingerprint density at radius 1 is 1.06 bits per heavy atom. The number of hydrogen-bond acceptors (Lipinski definition) is 4. The van der Waals surface area contributed by atoms with Gasteiger partial charge in [-0.3, -0.25) is 9.97 Å². The van der Waals surface area contributed by atoms with E-state index < -0.39 is 0 Å². The van der Waals surface area contributed by atoms with Crippen LogP contribution in [0.15, 0.2) is 30.7 Å². The lowest BCUT2D eigenvalue weighted by Gasteiger charge is -2.08. The highest BCUT2D eigenvalue weighted by Gasteiger charge is 2.01. The van der Waals surface area contributed by atoms with Crippen LogP contribution in [0.5, 0.6) is 0 Å². The van der Waals surface area contributed by atoms with Gasteiger partial charge in [0.15, 0.2) is 0 Å². The molecule has 0 bridgehead atoms. The fourth-order valence-electron chi connectivity index (χ4n) is 1.45. The highest BCUT2D eigenvalue weighted by molar-refractivity contribution is 5.39. The van der Waals surface area contributed by atoms with Gasteiger partial charge in [0.25, 0.3) is 0 Å². The van der Waals surface area contributed by atoms with Crippen LogP contribution in [-0.4, -0.2) is 15.0 Å². The predicted octanol–water partition coefficient (Wildman–Crippen LogP) is 2.10. The summed E-state index contributed by atoms with van der Waals surface area (Å²) in [7, 11) is 0. The molecular formula is C12H14N4. The van der Waals surface area contributed by atoms with Gasteiger partial charge in [0.2, 0.25) is 0 Å².